The lowest BCUT2D eigenvalue weighted by atomic mass is 10.5. The second kappa shape index (κ2) is 8.93. The monoisotopic (exact) mass is 177 g/mol. The Balaban J connectivity index is 3.34. The van der Waals surface area contributed by atoms with Gasteiger partial charge in [0.05, 0.1) is 19.9 Å². The van der Waals surface area contributed by atoms with Gasteiger partial charge in [0.15, 0.2) is 0 Å². The van der Waals surface area contributed by atoms with Crippen LogP contribution in [0.5, 0.6) is 0 Å². The van der Waals surface area contributed by atoms with E-state index in [9.17, 15) is 0 Å². The van der Waals surface area contributed by atoms with E-state index >= 15 is 0 Å². The van der Waals surface area contributed by atoms with E-state index in [2.05, 4.69) is 0 Å². The number of aliphatic hydroxyl groups excluding tert-OH is 2. The average Bonchev–Trinajstić information content (AvgIpc) is 2.06. The number of ether oxygens (including phenoxy) is 1. The fourth-order valence-electron chi connectivity index (χ4n) is 0.862. The van der Waals surface area contributed by atoms with Crippen LogP contribution in [0, 0.1) is 0 Å². The van der Waals surface area contributed by atoms with Crippen molar-refractivity contribution in [1.82, 2.24) is 4.90 Å². The molecule has 4 nitrogen and oxygen atoms in total. The molecule has 74 valence electrons. The van der Waals surface area contributed by atoms with Crippen molar-refractivity contribution >= 4 is 0 Å². The molecule has 0 saturated carbocycles. The maximum Gasteiger partial charge on any atom is 0.0991 e. The summed E-state index contributed by atoms with van der Waals surface area (Å²) < 4.78 is 5.25. The van der Waals surface area contributed by atoms with Crippen molar-refractivity contribution in [2.24, 2.45) is 0 Å². The third-order valence-corrected chi connectivity index (χ3v) is 1.45. The van der Waals surface area contributed by atoms with Crippen LogP contribution in [0.25, 0.3) is 0 Å². The summed E-state index contributed by atoms with van der Waals surface area (Å²) in [6.07, 6.45) is 0.992. The standard InChI is InChI=1S/C8H19NO3/c1-2-7-12-8-9(3-5-10)4-6-11/h10-11H,2-8H2,1H3. The van der Waals surface area contributed by atoms with Gasteiger partial charge >= 0.3 is 0 Å². The number of rotatable bonds is 8. The van der Waals surface area contributed by atoms with Gasteiger partial charge < -0.3 is 14.9 Å². The molecular weight excluding hydrogens is 158 g/mol. The second-order valence-corrected chi connectivity index (χ2v) is 2.60. The molecule has 0 amide bonds. The fraction of sp³-hybridized carbons (Fsp3) is 1.00. The first-order chi connectivity index (χ1) is 5.85. The SMILES string of the molecule is CCCOCN(CCO)CCO. The van der Waals surface area contributed by atoms with Crippen molar-refractivity contribution in [3.8, 4) is 0 Å². The molecule has 0 saturated heterocycles. The van der Waals surface area contributed by atoms with Crippen LogP contribution >= 0.6 is 0 Å². The maximum absolute atomic E-state index is 8.64. The van der Waals surface area contributed by atoms with Gasteiger partial charge in [0, 0.05) is 19.7 Å². The van der Waals surface area contributed by atoms with E-state index in [-0.39, 0.29) is 13.2 Å². The minimum Gasteiger partial charge on any atom is -0.395 e. The highest BCUT2D eigenvalue weighted by molar-refractivity contribution is 4.50. The largest absolute Gasteiger partial charge is 0.395 e. The van der Waals surface area contributed by atoms with Crippen LogP contribution in [-0.4, -0.2) is 54.8 Å². The van der Waals surface area contributed by atoms with Gasteiger partial charge in [-0.3, -0.25) is 4.90 Å². The molecule has 2 N–H and O–H groups in total. The van der Waals surface area contributed by atoms with Crippen molar-refractivity contribution in [3.63, 3.8) is 0 Å². The lowest BCUT2D eigenvalue weighted by Crippen LogP contribution is -2.32. The van der Waals surface area contributed by atoms with Crippen molar-refractivity contribution in [2.45, 2.75) is 13.3 Å². The topological polar surface area (TPSA) is 52.9 Å². The molecule has 0 radical (unpaired) electrons. The average molecular weight is 177 g/mol. The Morgan fingerprint density at radius 1 is 1.17 bits per heavy atom. The molecule has 4 heteroatoms. The van der Waals surface area contributed by atoms with E-state index in [1.807, 2.05) is 11.8 Å². The van der Waals surface area contributed by atoms with Crippen LogP contribution in [0.4, 0.5) is 0 Å². The molecule has 0 aliphatic carbocycles. The Labute approximate surface area is 73.8 Å². The lowest BCUT2D eigenvalue weighted by molar-refractivity contribution is 0.0128. The van der Waals surface area contributed by atoms with Crippen LogP contribution in [0.1, 0.15) is 13.3 Å². The van der Waals surface area contributed by atoms with Gasteiger partial charge in [0.25, 0.3) is 0 Å². The molecular formula is C8H19NO3. The predicted octanol–water partition coefficient (Wildman–Crippen LogP) is -0.343. The Morgan fingerprint density at radius 3 is 2.17 bits per heavy atom. The summed E-state index contributed by atoms with van der Waals surface area (Å²) >= 11 is 0. The van der Waals surface area contributed by atoms with Gasteiger partial charge in [-0.25, -0.2) is 0 Å². The van der Waals surface area contributed by atoms with Gasteiger partial charge in [0.1, 0.15) is 0 Å². The zero-order chi connectivity index (χ0) is 9.23. The Bertz CT molecular complexity index is 84.4. The quantitative estimate of drug-likeness (QED) is 0.393. The van der Waals surface area contributed by atoms with E-state index in [1.165, 1.54) is 0 Å². The van der Waals surface area contributed by atoms with E-state index < -0.39 is 0 Å². The first-order valence-electron chi connectivity index (χ1n) is 4.37. The maximum atomic E-state index is 8.64. The van der Waals surface area contributed by atoms with Crippen LogP contribution in [0.3, 0.4) is 0 Å². The summed E-state index contributed by atoms with van der Waals surface area (Å²) in [5, 5.41) is 17.3. The molecule has 0 spiro atoms. The lowest BCUT2D eigenvalue weighted by Gasteiger charge is -2.19. The van der Waals surface area contributed by atoms with Crippen LogP contribution in [0.2, 0.25) is 0 Å². The van der Waals surface area contributed by atoms with Crippen LogP contribution in [-0.2, 0) is 4.74 Å². The summed E-state index contributed by atoms with van der Waals surface area (Å²) in [5.41, 5.74) is 0. The zero-order valence-electron chi connectivity index (χ0n) is 7.70. The predicted molar refractivity (Wildman–Crippen MR) is 46.9 cm³/mol. The molecule has 0 aromatic carbocycles. The molecule has 0 aliphatic rings. The van der Waals surface area contributed by atoms with Crippen LogP contribution in [0.15, 0.2) is 0 Å². The third kappa shape index (κ3) is 6.54. The Morgan fingerprint density at radius 2 is 1.75 bits per heavy atom. The molecule has 0 aliphatic heterocycles. The molecule has 0 atom stereocenters. The fourth-order valence-corrected chi connectivity index (χ4v) is 0.862. The minimum atomic E-state index is 0.107. The minimum absolute atomic E-state index is 0.107. The van der Waals surface area contributed by atoms with Crippen molar-refractivity contribution < 1.29 is 14.9 Å². The highest BCUT2D eigenvalue weighted by atomic mass is 16.5. The summed E-state index contributed by atoms with van der Waals surface area (Å²) in [6, 6.07) is 0. The molecule has 0 aromatic heterocycles. The van der Waals surface area contributed by atoms with Crippen molar-refractivity contribution in [2.75, 3.05) is 39.6 Å². The molecule has 12 heavy (non-hydrogen) atoms. The summed E-state index contributed by atoms with van der Waals surface area (Å²) in [6.45, 7) is 4.60. The first-order valence-corrected chi connectivity index (χ1v) is 4.37. The van der Waals surface area contributed by atoms with Crippen LogP contribution < -0.4 is 0 Å². The van der Waals surface area contributed by atoms with Gasteiger partial charge in [0.2, 0.25) is 0 Å². The third-order valence-electron chi connectivity index (χ3n) is 1.45. The van der Waals surface area contributed by atoms with E-state index in [1.54, 1.807) is 0 Å². The number of aliphatic hydroxyl groups is 2. The molecule has 0 unspecified atom stereocenters. The smallest absolute Gasteiger partial charge is 0.0991 e. The highest BCUT2D eigenvalue weighted by Gasteiger charge is 2.01. The molecule has 0 fully saturated rings. The molecule has 0 rings (SSSR count). The number of nitrogens with zero attached hydrogens (tertiary/aromatic N) is 1. The highest BCUT2D eigenvalue weighted by Crippen LogP contribution is 1.89. The van der Waals surface area contributed by atoms with Crippen molar-refractivity contribution in [1.29, 1.82) is 0 Å². The van der Waals surface area contributed by atoms with Crippen molar-refractivity contribution in [3.05, 3.63) is 0 Å². The van der Waals surface area contributed by atoms with Gasteiger partial charge in [-0.15, -0.1) is 0 Å². The molecule has 0 bridgehead atoms. The summed E-state index contributed by atoms with van der Waals surface area (Å²) in [5.74, 6) is 0. The van der Waals surface area contributed by atoms with E-state index in [4.69, 9.17) is 14.9 Å². The first kappa shape index (κ1) is 11.8. The van der Waals surface area contributed by atoms with Gasteiger partial charge in [-0.1, -0.05) is 6.92 Å². The van der Waals surface area contributed by atoms with Gasteiger partial charge in [-0.05, 0) is 6.42 Å². The Kier molecular flexibility index (Phi) is 8.81. The van der Waals surface area contributed by atoms with E-state index in [0.717, 1.165) is 13.0 Å². The number of hydrogen-bond acceptors (Lipinski definition) is 4. The number of hydrogen-bond donors (Lipinski definition) is 2. The zero-order valence-corrected chi connectivity index (χ0v) is 7.70. The van der Waals surface area contributed by atoms with Gasteiger partial charge in [-0.2, -0.15) is 0 Å². The van der Waals surface area contributed by atoms with E-state index in [0.29, 0.717) is 19.8 Å². The summed E-state index contributed by atoms with van der Waals surface area (Å²) in [4.78, 5) is 1.87. The Hall–Kier alpha value is -0.160. The normalized spacial score (nSPS) is 11.0. The second-order valence-electron chi connectivity index (χ2n) is 2.60. The molecule has 0 heterocycles. The summed E-state index contributed by atoms with van der Waals surface area (Å²) in [7, 11) is 0. The molecule has 0 aromatic rings.